The first-order chi connectivity index (χ1) is 3.79. The first-order valence-electron chi connectivity index (χ1n) is 2.31. The smallest absolute Gasteiger partial charge is 0.267 e. The molecule has 0 saturated heterocycles. The predicted octanol–water partition coefficient (Wildman–Crippen LogP) is 0.394. The molecule has 2 heteroatoms. The molecule has 0 unspecified atom stereocenters. The third-order valence-electron chi connectivity index (χ3n) is 0.820. The molecule has 0 spiro atoms. The van der Waals surface area contributed by atoms with Crippen LogP contribution in [-0.2, 0) is 4.79 Å². The summed E-state index contributed by atoms with van der Waals surface area (Å²) in [6.07, 6.45) is 5.72. The standard InChI is InChI=1S/C6H5NO/c1-5-2-3-7-6(8)4-5/h2-3H,1H3. The molecule has 40 valence electrons. The van der Waals surface area contributed by atoms with Gasteiger partial charge in [0.1, 0.15) is 0 Å². The summed E-state index contributed by atoms with van der Waals surface area (Å²) >= 11 is 0. The minimum Gasteiger partial charge on any atom is -0.267 e. The second-order valence-corrected chi connectivity index (χ2v) is 1.56. The summed E-state index contributed by atoms with van der Waals surface area (Å²) < 4.78 is 0. The normalized spacial score (nSPS) is 17.6. The molecule has 1 aliphatic heterocycles. The van der Waals surface area contributed by atoms with Crippen molar-refractivity contribution in [2.24, 2.45) is 0 Å². The van der Waals surface area contributed by atoms with E-state index in [0.717, 1.165) is 5.57 Å². The highest BCUT2D eigenvalue weighted by atomic mass is 16.1. The number of carbonyl (C=O) groups is 1. The van der Waals surface area contributed by atoms with Crippen LogP contribution in [0.15, 0.2) is 17.8 Å². The van der Waals surface area contributed by atoms with E-state index < -0.39 is 0 Å². The van der Waals surface area contributed by atoms with Crippen molar-refractivity contribution >= 4 is 5.91 Å². The van der Waals surface area contributed by atoms with Gasteiger partial charge in [-0.2, -0.15) is 0 Å². The van der Waals surface area contributed by atoms with Gasteiger partial charge in [-0.25, -0.2) is 5.32 Å². The first kappa shape index (κ1) is 5.09. The predicted molar refractivity (Wildman–Crippen MR) is 28.7 cm³/mol. The highest BCUT2D eigenvalue weighted by Gasteiger charge is 1.99. The van der Waals surface area contributed by atoms with Crippen LogP contribution in [-0.4, -0.2) is 5.91 Å². The van der Waals surface area contributed by atoms with Crippen LogP contribution >= 0.6 is 0 Å². The number of hydrogen-bond donors (Lipinski definition) is 0. The van der Waals surface area contributed by atoms with Gasteiger partial charge in [-0.15, -0.1) is 0 Å². The van der Waals surface area contributed by atoms with Gasteiger partial charge >= 0.3 is 0 Å². The maximum atomic E-state index is 10.3. The van der Waals surface area contributed by atoms with Crippen LogP contribution in [0.3, 0.4) is 0 Å². The molecule has 8 heavy (non-hydrogen) atoms. The quantitative estimate of drug-likeness (QED) is 0.440. The molecule has 0 aliphatic carbocycles. The van der Waals surface area contributed by atoms with Crippen molar-refractivity contribution in [1.82, 2.24) is 5.32 Å². The van der Waals surface area contributed by atoms with Crippen molar-refractivity contribution in [3.63, 3.8) is 0 Å². The zero-order valence-electron chi connectivity index (χ0n) is 4.51. The second kappa shape index (κ2) is 1.82. The molecular formula is C6H5NO. The maximum Gasteiger partial charge on any atom is 0.278 e. The maximum absolute atomic E-state index is 10.3. The van der Waals surface area contributed by atoms with Gasteiger partial charge in [0.2, 0.25) is 0 Å². The van der Waals surface area contributed by atoms with Crippen LogP contribution in [0.5, 0.6) is 0 Å². The van der Waals surface area contributed by atoms with Gasteiger partial charge in [-0.3, -0.25) is 4.79 Å². The fourth-order valence-electron chi connectivity index (χ4n) is 0.459. The van der Waals surface area contributed by atoms with Crippen molar-refractivity contribution in [2.75, 3.05) is 0 Å². The number of nitrogens with zero attached hydrogens (tertiary/aromatic N) is 1. The number of carbonyl (C=O) groups excluding carboxylic acids is 1. The Morgan fingerprint density at radius 1 is 1.75 bits per heavy atom. The first-order valence-corrected chi connectivity index (χ1v) is 2.31. The summed E-state index contributed by atoms with van der Waals surface area (Å²) in [5.41, 5.74) is 0.838. The average Bonchev–Trinajstić information content (AvgIpc) is 1.64. The second-order valence-electron chi connectivity index (χ2n) is 1.56. The van der Waals surface area contributed by atoms with Crippen molar-refractivity contribution in [3.05, 3.63) is 23.9 Å². The Hall–Kier alpha value is -1.05. The van der Waals surface area contributed by atoms with Crippen LogP contribution in [0.4, 0.5) is 0 Å². The van der Waals surface area contributed by atoms with E-state index in [1.54, 1.807) is 6.08 Å². The number of hydrogen-bond acceptors (Lipinski definition) is 1. The van der Waals surface area contributed by atoms with Gasteiger partial charge in [0.05, 0.1) is 6.08 Å². The van der Waals surface area contributed by atoms with E-state index in [9.17, 15) is 4.79 Å². The Bertz CT molecular complexity index is 167. The molecular weight excluding hydrogens is 102 g/mol. The van der Waals surface area contributed by atoms with E-state index in [4.69, 9.17) is 0 Å². The van der Waals surface area contributed by atoms with E-state index >= 15 is 0 Å². The molecule has 0 saturated carbocycles. The largest absolute Gasteiger partial charge is 0.278 e. The Balaban J connectivity index is 2.77. The van der Waals surface area contributed by atoms with Crippen LogP contribution in [0.2, 0.25) is 0 Å². The Kier molecular flexibility index (Phi) is 1.16. The Morgan fingerprint density at radius 2 is 2.50 bits per heavy atom. The number of rotatable bonds is 0. The number of allylic oxidation sites excluding steroid dienone is 2. The molecule has 1 heterocycles. The Morgan fingerprint density at radius 3 is 2.88 bits per heavy atom. The third kappa shape index (κ3) is 0.964. The minimum absolute atomic E-state index is 0.287. The molecule has 0 atom stereocenters. The molecule has 1 aliphatic rings. The van der Waals surface area contributed by atoms with Crippen molar-refractivity contribution < 1.29 is 4.79 Å². The van der Waals surface area contributed by atoms with Crippen molar-refractivity contribution in [2.45, 2.75) is 6.92 Å². The monoisotopic (exact) mass is 107 g/mol. The lowest BCUT2D eigenvalue weighted by atomic mass is 10.2. The van der Waals surface area contributed by atoms with E-state index in [1.165, 1.54) is 6.20 Å². The molecule has 0 N–H and O–H groups in total. The zero-order valence-corrected chi connectivity index (χ0v) is 4.51. The molecule has 0 aromatic carbocycles. The number of amides is 1. The average molecular weight is 107 g/mol. The van der Waals surface area contributed by atoms with Crippen LogP contribution < -0.4 is 5.32 Å². The van der Waals surface area contributed by atoms with Crippen molar-refractivity contribution in [1.29, 1.82) is 0 Å². The summed E-state index contributed by atoms with van der Waals surface area (Å²) in [6, 6.07) is 0. The molecule has 0 aromatic rings. The highest BCUT2D eigenvalue weighted by molar-refractivity contribution is 5.86. The fourth-order valence-corrected chi connectivity index (χ4v) is 0.459. The lowest BCUT2D eigenvalue weighted by Crippen LogP contribution is -2.09. The molecule has 0 bridgehead atoms. The summed E-state index contributed by atoms with van der Waals surface area (Å²) in [7, 11) is 0. The van der Waals surface area contributed by atoms with Gasteiger partial charge in [0.25, 0.3) is 5.91 Å². The van der Waals surface area contributed by atoms with Gasteiger partial charge in [-0.1, -0.05) is 0 Å². The SMILES string of the molecule is CC1=[C]C(=O)[N]C=C1. The van der Waals surface area contributed by atoms with Gasteiger partial charge in [0.15, 0.2) is 0 Å². The summed E-state index contributed by atoms with van der Waals surface area (Å²) in [6.45, 7) is 1.81. The van der Waals surface area contributed by atoms with E-state index in [1.807, 2.05) is 6.92 Å². The molecule has 2 nitrogen and oxygen atoms in total. The Labute approximate surface area is 47.9 Å². The highest BCUT2D eigenvalue weighted by Crippen LogP contribution is 1.96. The van der Waals surface area contributed by atoms with E-state index in [2.05, 4.69) is 11.4 Å². The summed E-state index contributed by atoms with van der Waals surface area (Å²) in [4.78, 5) is 10.3. The third-order valence-corrected chi connectivity index (χ3v) is 0.820. The van der Waals surface area contributed by atoms with Crippen LogP contribution in [0, 0.1) is 6.08 Å². The molecule has 0 aromatic heterocycles. The fraction of sp³-hybridized carbons (Fsp3) is 0.167. The van der Waals surface area contributed by atoms with Crippen LogP contribution in [0.1, 0.15) is 6.92 Å². The lowest BCUT2D eigenvalue weighted by Gasteiger charge is -1.95. The van der Waals surface area contributed by atoms with Gasteiger partial charge in [-0.05, 0) is 18.6 Å². The van der Waals surface area contributed by atoms with E-state index in [0.29, 0.717) is 0 Å². The zero-order chi connectivity index (χ0) is 5.98. The van der Waals surface area contributed by atoms with Crippen molar-refractivity contribution in [3.8, 4) is 0 Å². The van der Waals surface area contributed by atoms with E-state index in [-0.39, 0.29) is 5.91 Å². The molecule has 1 amide bonds. The summed E-state index contributed by atoms with van der Waals surface area (Å²) in [5.74, 6) is -0.287. The minimum atomic E-state index is -0.287. The molecule has 1 rings (SSSR count). The van der Waals surface area contributed by atoms with Gasteiger partial charge < -0.3 is 0 Å². The topological polar surface area (TPSA) is 31.2 Å². The molecule has 0 fully saturated rings. The molecule has 2 radical (unpaired) electrons. The van der Waals surface area contributed by atoms with Crippen LogP contribution in [0.25, 0.3) is 0 Å². The summed E-state index contributed by atoms with van der Waals surface area (Å²) in [5, 5.41) is 3.43. The van der Waals surface area contributed by atoms with Gasteiger partial charge in [0, 0.05) is 6.20 Å². The lowest BCUT2D eigenvalue weighted by molar-refractivity contribution is -0.116.